The van der Waals surface area contributed by atoms with Gasteiger partial charge in [-0.05, 0) is 6.42 Å². The van der Waals surface area contributed by atoms with Crippen LogP contribution in [-0.2, 0) is 14.5 Å². The van der Waals surface area contributed by atoms with Crippen molar-refractivity contribution in [2.75, 3.05) is 6.61 Å². The van der Waals surface area contributed by atoms with Gasteiger partial charge in [-0.2, -0.15) is 8.42 Å². The van der Waals surface area contributed by atoms with Gasteiger partial charge in [0.2, 0.25) is 0 Å². The van der Waals surface area contributed by atoms with Crippen molar-refractivity contribution in [2.24, 2.45) is 5.14 Å². The van der Waals surface area contributed by atoms with Gasteiger partial charge in [0.1, 0.15) is 0 Å². The van der Waals surface area contributed by atoms with E-state index in [-0.39, 0.29) is 37.6 Å². The Bertz CT molecular complexity index is 161. The summed E-state index contributed by atoms with van der Waals surface area (Å²) in [6, 6.07) is 0. The molecule has 6 heteroatoms. The predicted octanol–water partition coefficient (Wildman–Crippen LogP) is -2.88. The van der Waals surface area contributed by atoms with E-state index in [1.165, 1.54) is 0 Å². The average Bonchev–Trinajstić information content (AvgIpc) is 1.63. The monoisotopic (exact) mass is 177 g/mol. The van der Waals surface area contributed by atoms with Gasteiger partial charge >= 0.3 is 39.9 Å². The molecule has 0 aromatic heterocycles. The van der Waals surface area contributed by atoms with Crippen LogP contribution in [0.2, 0.25) is 0 Å². The summed E-state index contributed by atoms with van der Waals surface area (Å²) < 4.78 is 24.3. The van der Waals surface area contributed by atoms with Gasteiger partial charge in [-0.25, -0.2) is 5.14 Å². The molecule has 0 spiro atoms. The van der Waals surface area contributed by atoms with Gasteiger partial charge in [0.25, 0.3) is 0 Å². The molecule has 0 amide bonds. The Morgan fingerprint density at radius 3 is 2.40 bits per heavy atom. The molecule has 0 unspecified atom stereocenters. The fourth-order valence-electron chi connectivity index (χ4n) is 0.319. The molecule has 0 aliphatic carbocycles. The van der Waals surface area contributed by atoms with E-state index in [2.05, 4.69) is 9.32 Å². The number of nitrogens with two attached hydrogens (primary N) is 1. The van der Waals surface area contributed by atoms with Gasteiger partial charge < -0.3 is 1.43 Å². The fraction of sp³-hybridized carbons (Fsp3) is 1.00. The standard InChI is InChI=1S/C4H11NO3S.Na.H/c1-2-3-4-8-9(5,6)7;;/h2-4H2,1H3,(H2,5,6,7);;/q;+1;-1. The minimum absolute atomic E-state index is 0. The first-order valence-electron chi connectivity index (χ1n) is 2.73. The van der Waals surface area contributed by atoms with Crippen molar-refractivity contribution in [3.63, 3.8) is 0 Å². The summed E-state index contributed by atoms with van der Waals surface area (Å²) in [6.45, 7) is 2.13. The predicted molar refractivity (Wildman–Crippen MR) is 35.1 cm³/mol. The quantitative estimate of drug-likeness (QED) is 0.370. The number of hydrogen-bond donors (Lipinski definition) is 1. The van der Waals surface area contributed by atoms with Crippen LogP contribution < -0.4 is 34.7 Å². The Hall–Kier alpha value is 0.870. The van der Waals surface area contributed by atoms with Crippen molar-refractivity contribution in [2.45, 2.75) is 19.8 Å². The zero-order valence-corrected chi connectivity index (χ0v) is 9.15. The van der Waals surface area contributed by atoms with Gasteiger partial charge in [0, 0.05) is 0 Å². The molecule has 0 aromatic rings. The van der Waals surface area contributed by atoms with E-state index >= 15 is 0 Å². The molecule has 0 saturated heterocycles. The van der Waals surface area contributed by atoms with E-state index in [9.17, 15) is 8.42 Å². The van der Waals surface area contributed by atoms with Crippen molar-refractivity contribution in [3.05, 3.63) is 0 Å². The third-order valence-corrected chi connectivity index (χ3v) is 1.24. The Kier molecular flexibility index (Phi) is 8.85. The van der Waals surface area contributed by atoms with E-state index in [4.69, 9.17) is 0 Å². The first kappa shape index (κ1) is 13.5. The zero-order valence-electron chi connectivity index (χ0n) is 7.33. The second kappa shape index (κ2) is 6.57. The molecule has 0 atom stereocenters. The van der Waals surface area contributed by atoms with E-state index in [0.29, 0.717) is 0 Å². The molecule has 0 fully saturated rings. The van der Waals surface area contributed by atoms with Crippen molar-refractivity contribution < 1.29 is 43.6 Å². The van der Waals surface area contributed by atoms with Crippen LogP contribution >= 0.6 is 0 Å². The minimum atomic E-state index is -3.70. The van der Waals surface area contributed by atoms with Crippen LogP contribution in [0.3, 0.4) is 0 Å². The van der Waals surface area contributed by atoms with Crippen molar-refractivity contribution in [1.29, 1.82) is 0 Å². The zero-order chi connectivity index (χ0) is 7.33. The molecule has 0 rings (SSSR count). The SMILES string of the molecule is CCCCOS(N)(=O)=O.[H-].[Na+]. The third kappa shape index (κ3) is 11.6. The summed E-state index contributed by atoms with van der Waals surface area (Å²) in [5.74, 6) is 0. The Labute approximate surface area is 85.2 Å². The van der Waals surface area contributed by atoms with Gasteiger partial charge in [-0.1, -0.05) is 13.3 Å². The topological polar surface area (TPSA) is 69.4 Å². The third-order valence-electron chi connectivity index (χ3n) is 0.745. The van der Waals surface area contributed by atoms with E-state index in [1.54, 1.807) is 0 Å². The summed E-state index contributed by atoms with van der Waals surface area (Å²) in [6.07, 6.45) is 1.62. The fourth-order valence-corrected chi connectivity index (χ4v) is 0.670. The Morgan fingerprint density at radius 2 is 2.10 bits per heavy atom. The van der Waals surface area contributed by atoms with Crippen LogP contribution in [0.1, 0.15) is 21.2 Å². The average molecular weight is 177 g/mol. The normalized spacial score (nSPS) is 10.6. The molecule has 2 N–H and O–H groups in total. The largest absolute Gasteiger partial charge is 1.00 e. The van der Waals surface area contributed by atoms with Crippen molar-refractivity contribution in [3.8, 4) is 0 Å². The molecule has 0 aliphatic rings. The molecular formula is C4H12NNaO3S. The van der Waals surface area contributed by atoms with Crippen molar-refractivity contribution >= 4 is 10.3 Å². The summed E-state index contributed by atoms with van der Waals surface area (Å²) in [7, 11) is -3.70. The molecule has 4 nitrogen and oxygen atoms in total. The maximum atomic E-state index is 10.1. The summed E-state index contributed by atoms with van der Waals surface area (Å²) in [5.41, 5.74) is 0. The molecule has 0 heterocycles. The molecule has 0 aromatic carbocycles. The molecule has 0 radical (unpaired) electrons. The summed E-state index contributed by atoms with van der Waals surface area (Å²) in [4.78, 5) is 0. The minimum Gasteiger partial charge on any atom is -1.00 e. The summed E-state index contributed by atoms with van der Waals surface area (Å²) >= 11 is 0. The molecule has 0 bridgehead atoms. The Balaban J connectivity index is -0.000000320. The molecule has 0 aliphatic heterocycles. The summed E-state index contributed by atoms with van der Waals surface area (Å²) in [5, 5.41) is 4.53. The van der Waals surface area contributed by atoms with Crippen LogP contribution in [0, 0.1) is 0 Å². The molecular weight excluding hydrogens is 165 g/mol. The molecule has 58 valence electrons. The molecule has 10 heavy (non-hydrogen) atoms. The van der Waals surface area contributed by atoms with Crippen LogP contribution in [0.25, 0.3) is 0 Å². The smallest absolute Gasteiger partial charge is 1.00 e. The van der Waals surface area contributed by atoms with Crippen molar-refractivity contribution in [1.82, 2.24) is 0 Å². The van der Waals surface area contributed by atoms with Crippen LogP contribution in [0.5, 0.6) is 0 Å². The van der Waals surface area contributed by atoms with Crippen LogP contribution in [0.15, 0.2) is 0 Å². The Morgan fingerprint density at radius 1 is 1.60 bits per heavy atom. The maximum absolute atomic E-state index is 10.1. The number of unbranched alkanes of at least 4 members (excludes halogenated alkanes) is 1. The van der Waals surface area contributed by atoms with Gasteiger partial charge in [0.05, 0.1) is 6.61 Å². The second-order valence-corrected chi connectivity index (χ2v) is 2.89. The van der Waals surface area contributed by atoms with Gasteiger partial charge in [-0.3, -0.25) is 4.18 Å². The number of hydrogen-bond acceptors (Lipinski definition) is 3. The molecule has 0 saturated carbocycles. The van der Waals surface area contributed by atoms with Crippen LogP contribution in [-0.4, -0.2) is 15.0 Å². The first-order valence-corrected chi connectivity index (χ1v) is 4.20. The first-order chi connectivity index (χ1) is 4.06. The maximum Gasteiger partial charge on any atom is 1.00 e. The second-order valence-electron chi connectivity index (χ2n) is 1.67. The van der Waals surface area contributed by atoms with E-state index in [0.717, 1.165) is 12.8 Å². The van der Waals surface area contributed by atoms with E-state index < -0.39 is 10.3 Å². The van der Waals surface area contributed by atoms with E-state index in [1.807, 2.05) is 6.92 Å². The van der Waals surface area contributed by atoms with Gasteiger partial charge in [-0.15, -0.1) is 0 Å². The van der Waals surface area contributed by atoms with Crippen LogP contribution in [0.4, 0.5) is 0 Å². The number of rotatable bonds is 4. The van der Waals surface area contributed by atoms with Gasteiger partial charge in [0.15, 0.2) is 0 Å².